The first-order valence-electron chi connectivity index (χ1n) is 6.87. The normalized spacial score (nSPS) is 11.9. The molecule has 0 aliphatic carbocycles. The van der Waals surface area contributed by atoms with E-state index in [2.05, 4.69) is 40.6 Å². The summed E-state index contributed by atoms with van der Waals surface area (Å²) in [5, 5.41) is 0. The molecule has 0 aliphatic heterocycles. The molecule has 7 nitrogen and oxygen atoms in total. The molecule has 0 aromatic carbocycles. The number of aromatic nitrogens is 3. The van der Waals surface area contributed by atoms with Crippen molar-refractivity contribution in [3.8, 4) is 0 Å². The summed E-state index contributed by atoms with van der Waals surface area (Å²) in [6, 6.07) is 0. The SMILES string of the molecule is CCN(Cc1nc(N)nc(N(C)C)n1)CC(C)(C)CN. The molecular formula is C13H27N7. The van der Waals surface area contributed by atoms with Crippen molar-refractivity contribution in [2.45, 2.75) is 27.3 Å². The molecule has 1 rings (SSSR count). The van der Waals surface area contributed by atoms with Crippen molar-refractivity contribution in [1.82, 2.24) is 19.9 Å². The van der Waals surface area contributed by atoms with Crippen LogP contribution in [0.4, 0.5) is 11.9 Å². The van der Waals surface area contributed by atoms with E-state index in [1.54, 1.807) is 0 Å². The fourth-order valence-corrected chi connectivity index (χ4v) is 1.85. The summed E-state index contributed by atoms with van der Waals surface area (Å²) >= 11 is 0. The Bertz CT molecular complexity index is 431. The quantitative estimate of drug-likeness (QED) is 0.743. The molecule has 0 spiro atoms. The van der Waals surface area contributed by atoms with Gasteiger partial charge in [-0.25, -0.2) is 0 Å². The maximum atomic E-state index is 5.80. The molecule has 0 saturated heterocycles. The van der Waals surface area contributed by atoms with Crippen LogP contribution in [0.5, 0.6) is 0 Å². The molecule has 1 aromatic heterocycles. The van der Waals surface area contributed by atoms with Crippen LogP contribution in [0.2, 0.25) is 0 Å². The maximum absolute atomic E-state index is 5.80. The van der Waals surface area contributed by atoms with Crippen LogP contribution in [-0.4, -0.2) is 53.6 Å². The summed E-state index contributed by atoms with van der Waals surface area (Å²) in [5.41, 5.74) is 11.6. The van der Waals surface area contributed by atoms with Crippen LogP contribution in [0, 0.1) is 5.41 Å². The van der Waals surface area contributed by atoms with E-state index in [1.165, 1.54) is 0 Å². The summed E-state index contributed by atoms with van der Waals surface area (Å²) < 4.78 is 0. The predicted octanol–water partition coefficient (Wildman–Crippen LogP) is 0.327. The second kappa shape index (κ2) is 6.81. The Labute approximate surface area is 121 Å². The van der Waals surface area contributed by atoms with Crippen molar-refractivity contribution in [3.05, 3.63) is 5.82 Å². The van der Waals surface area contributed by atoms with Gasteiger partial charge in [0, 0.05) is 20.6 Å². The number of nitrogens with zero attached hydrogens (tertiary/aromatic N) is 5. The predicted molar refractivity (Wildman–Crippen MR) is 82.4 cm³/mol. The van der Waals surface area contributed by atoms with Crippen LogP contribution in [0.3, 0.4) is 0 Å². The number of hydrogen-bond donors (Lipinski definition) is 2. The van der Waals surface area contributed by atoms with Gasteiger partial charge in [-0.3, -0.25) is 4.90 Å². The van der Waals surface area contributed by atoms with Crippen molar-refractivity contribution in [2.24, 2.45) is 11.1 Å². The van der Waals surface area contributed by atoms with E-state index >= 15 is 0 Å². The van der Waals surface area contributed by atoms with Gasteiger partial charge < -0.3 is 16.4 Å². The molecule has 0 fully saturated rings. The number of hydrogen-bond acceptors (Lipinski definition) is 7. The van der Waals surface area contributed by atoms with Gasteiger partial charge in [0.25, 0.3) is 0 Å². The molecular weight excluding hydrogens is 254 g/mol. The van der Waals surface area contributed by atoms with Crippen molar-refractivity contribution in [2.75, 3.05) is 44.4 Å². The van der Waals surface area contributed by atoms with Gasteiger partial charge in [0.15, 0.2) is 0 Å². The third kappa shape index (κ3) is 4.90. The maximum Gasteiger partial charge on any atom is 0.229 e. The van der Waals surface area contributed by atoms with Crippen molar-refractivity contribution >= 4 is 11.9 Å². The minimum atomic E-state index is 0.0684. The molecule has 0 atom stereocenters. The Balaban J connectivity index is 2.84. The van der Waals surface area contributed by atoms with Gasteiger partial charge in [-0.15, -0.1) is 0 Å². The average molecular weight is 281 g/mol. The first-order valence-corrected chi connectivity index (χ1v) is 6.87. The highest BCUT2D eigenvalue weighted by Crippen LogP contribution is 2.16. The van der Waals surface area contributed by atoms with E-state index < -0.39 is 0 Å². The van der Waals surface area contributed by atoms with Crippen molar-refractivity contribution in [1.29, 1.82) is 0 Å². The number of anilines is 2. The Morgan fingerprint density at radius 1 is 1.15 bits per heavy atom. The second-order valence-electron chi connectivity index (χ2n) is 5.98. The van der Waals surface area contributed by atoms with Gasteiger partial charge in [0.2, 0.25) is 11.9 Å². The molecule has 20 heavy (non-hydrogen) atoms. The standard InChI is InChI=1S/C13H27N7/c1-6-20(9-13(2,3)8-14)7-10-16-11(15)18-12(17-10)19(4)5/h6-9,14H2,1-5H3,(H2,15,16,17,18). The molecule has 0 amide bonds. The lowest BCUT2D eigenvalue weighted by Crippen LogP contribution is -2.38. The van der Waals surface area contributed by atoms with Gasteiger partial charge in [-0.1, -0.05) is 20.8 Å². The fraction of sp³-hybridized carbons (Fsp3) is 0.769. The molecule has 1 aromatic rings. The van der Waals surface area contributed by atoms with E-state index in [-0.39, 0.29) is 11.4 Å². The topological polar surface area (TPSA) is 97.2 Å². The summed E-state index contributed by atoms with van der Waals surface area (Å²) in [6.07, 6.45) is 0. The molecule has 0 saturated carbocycles. The Kier molecular flexibility index (Phi) is 5.64. The van der Waals surface area contributed by atoms with Crippen molar-refractivity contribution < 1.29 is 0 Å². The van der Waals surface area contributed by atoms with E-state index in [9.17, 15) is 0 Å². The fourth-order valence-electron chi connectivity index (χ4n) is 1.85. The van der Waals surface area contributed by atoms with E-state index in [4.69, 9.17) is 11.5 Å². The monoisotopic (exact) mass is 281 g/mol. The highest BCUT2D eigenvalue weighted by Gasteiger charge is 2.20. The minimum absolute atomic E-state index is 0.0684. The van der Waals surface area contributed by atoms with Crippen molar-refractivity contribution in [3.63, 3.8) is 0 Å². The highest BCUT2D eigenvalue weighted by molar-refractivity contribution is 5.32. The van der Waals surface area contributed by atoms with Gasteiger partial charge in [0.05, 0.1) is 6.54 Å². The first-order chi connectivity index (χ1) is 9.27. The molecule has 0 unspecified atom stereocenters. The third-order valence-electron chi connectivity index (χ3n) is 3.10. The van der Waals surface area contributed by atoms with Gasteiger partial charge in [-0.2, -0.15) is 15.0 Å². The molecule has 0 bridgehead atoms. The molecule has 4 N–H and O–H groups in total. The number of nitrogens with two attached hydrogens (primary N) is 2. The van der Waals surface area contributed by atoms with E-state index in [0.717, 1.165) is 13.1 Å². The van der Waals surface area contributed by atoms with Gasteiger partial charge in [0.1, 0.15) is 5.82 Å². The first kappa shape index (κ1) is 16.6. The summed E-state index contributed by atoms with van der Waals surface area (Å²) in [4.78, 5) is 16.8. The lowest BCUT2D eigenvalue weighted by Gasteiger charge is -2.30. The summed E-state index contributed by atoms with van der Waals surface area (Å²) in [6.45, 7) is 9.52. The van der Waals surface area contributed by atoms with Crippen LogP contribution < -0.4 is 16.4 Å². The Morgan fingerprint density at radius 2 is 1.80 bits per heavy atom. The minimum Gasteiger partial charge on any atom is -0.368 e. The van der Waals surface area contributed by atoms with Crippen LogP contribution in [0.1, 0.15) is 26.6 Å². The summed E-state index contributed by atoms with van der Waals surface area (Å²) in [5.74, 6) is 1.53. The molecule has 7 heteroatoms. The molecule has 0 aliphatic rings. The van der Waals surface area contributed by atoms with Crippen LogP contribution in [0.25, 0.3) is 0 Å². The highest BCUT2D eigenvalue weighted by atomic mass is 15.3. The van der Waals surface area contributed by atoms with E-state index in [0.29, 0.717) is 24.9 Å². The average Bonchev–Trinajstić information content (AvgIpc) is 2.37. The molecule has 114 valence electrons. The van der Waals surface area contributed by atoms with Crippen LogP contribution >= 0.6 is 0 Å². The second-order valence-corrected chi connectivity index (χ2v) is 5.98. The largest absolute Gasteiger partial charge is 0.368 e. The zero-order valence-corrected chi connectivity index (χ0v) is 13.2. The smallest absolute Gasteiger partial charge is 0.229 e. The summed E-state index contributed by atoms with van der Waals surface area (Å²) in [7, 11) is 3.77. The van der Waals surface area contributed by atoms with Crippen LogP contribution in [-0.2, 0) is 6.54 Å². The third-order valence-corrected chi connectivity index (χ3v) is 3.10. The molecule has 0 radical (unpaired) electrons. The zero-order valence-electron chi connectivity index (χ0n) is 13.2. The lowest BCUT2D eigenvalue weighted by molar-refractivity contribution is 0.180. The number of rotatable bonds is 7. The zero-order chi connectivity index (χ0) is 15.3. The van der Waals surface area contributed by atoms with Gasteiger partial charge >= 0.3 is 0 Å². The van der Waals surface area contributed by atoms with Crippen LogP contribution in [0.15, 0.2) is 0 Å². The Morgan fingerprint density at radius 3 is 2.30 bits per heavy atom. The Hall–Kier alpha value is -1.47. The van der Waals surface area contributed by atoms with E-state index in [1.807, 2.05) is 19.0 Å². The van der Waals surface area contributed by atoms with Gasteiger partial charge in [-0.05, 0) is 18.5 Å². The lowest BCUT2D eigenvalue weighted by atomic mass is 9.93. The molecule has 1 heterocycles. The number of nitrogen functional groups attached to an aromatic ring is 1.